The minimum Gasteiger partial charge on any atom is -0.497 e. The molecule has 30 heavy (non-hydrogen) atoms. The number of carbonyl (C=O) groups excluding carboxylic acids is 2. The lowest BCUT2D eigenvalue weighted by molar-refractivity contribution is -0.157. The smallest absolute Gasteiger partial charge is 0.347 e. The summed E-state index contributed by atoms with van der Waals surface area (Å²) < 4.78 is 16.1. The maximum absolute atomic E-state index is 12.7. The summed E-state index contributed by atoms with van der Waals surface area (Å²) >= 11 is 5.94. The quantitative estimate of drug-likeness (QED) is 0.558. The van der Waals surface area contributed by atoms with E-state index in [4.69, 9.17) is 25.8 Å². The third kappa shape index (κ3) is 5.89. The molecule has 0 saturated heterocycles. The van der Waals surface area contributed by atoms with E-state index in [1.165, 1.54) is 0 Å². The van der Waals surface area contributed by atoms with Gasteiger partial charge in [0, 0.05) is 17.6 Å². The van der Waals surface area contributed by atoms with E-state index in [9.17, 15) is 9.59 Å². The second kappa shape index (κ2) is 9.85. The third-order valence-electron chi connectivity index (χ3n) is 4.93. The Morgan fingerprint density at radius 3 is 2.47 bits per heavy atom. The number of hydrogen-bond donors (Lipinski definition) is 0. The fourth-order valence-corrected chi connectivity index (χ4v) is 3.28. The van der Waals surface area contributed by atoms with Crippen molar-refractivity contribution in [2.75, 3.05) is 13.7 Å². The Bertz CT molecular complexity index is 895. The SMILES string of the molecule is COc1ccc(CN(C(=O)COC(=O)C(C)Oc2ccc(Cl)cc2C)C2CC2)cc1. The van der Waals surface area contributed by atoms with Crippen molar-refractivity contribution in [1.82, 2.24) is 4.90 Å². The molecule has 0 radical (unpaired) electrons. The van der Waals surface area contributed by atoms with Crippen molar-refractivity contribution < 1.29 is 23.8 Å². The van der Waals surface area contributed by atoms with Crippen LogP contribution in [0.2, 0.25) is 5.02 Å². The van der Waals surface area contributed by atoms with Crippen LogP contribution in [-0.2, 0) is 20.9 Å². The topological polar surface area (TPSA) is 65.1 Å². The number of amides is 1. The van der Waals surface area contributed by atoms with Crippen LogP contribution in [0.5, 0.6) is 11.5 Å². The zero-order valence-electron chi connectivity index (χ0n) is 17.4. The Morgan fingerprint density at radius 1 is 1.17 bits per heavy atom. The summed E-state index contributed by atoms with van der Waals surface area (Å²) in [5.74, 6) is 0.519. The van der Waals surface area contributed by atoms with E-state index in [-0.39, 0.29) is 18.6 Å². The largest absolute Gasteiger partial charge is 0.497 e. The Morgan fingerprint density at radius 2 is 1.87 bits per heavy atom. The maximum Gasteiger partial charge on any atom is 0.347 e. The van der Waals surface area contributed by atoms with E-state index in [0.29, 0.717) is 17.3 Å². The standard InChI is InChI=1S/C23H26ClNO5/c1-15-12-18(24)6-11-21(15)30-16(2)23(27)29-14-22(26)25(19-7-8-19)13-17-4-9-20(28-3)10-5-17/h4-6,9-12,16,19H,7-8,13-14H2,1-3H3. The van der Waals surface area contributed by atoms with Gasteiger partial charge in [-0.3, -0.25) is 4.79 Å². The number of carbonyl (C=O) groups is 2. The zero-order valence-corrected chi connectivity index (χ0v) is 18.1. The van der Waals surface area contributed by atoms with Crippen LogP contribution in [0.4, 0.5) is 0 Å². The van der Waals surface area contributed by atoms with Gasteiger partial charge in [0.25, 0.3) is 5.91 Å². The van der Waals surface area contributed by atoms with Crippen molar-refractivity contribution in [2.45, 2.75) is 45.4 Å². The van der Waals surface area contributed by atoms with Crippen LogP contribution in [0, 0.1) is 6.92 Å². The zero-order chi connectivity index (χ0) is 21.7. The van der Waals surface area contributed by atoms with Crippen molar-refractivity contribution in [2.24, 2.45) is 0 Å². The Hall–Kier alpha value is -2.73. The Labute approximate surface area is 181 Å². The molecule has 2 aromatic rings. The van der Waals surface area contributed by atoms with Gasteiger partial charge in [-0.05, 0) is 68.1 Å². The highest BCUT2D eigenvalue weighted by atomic mass is 35.5. The number of rotatable bonds is 9. The highest BCUT2D eigenvalue weighted by Crippen LogP contribution is 2.29. The van der Waals surface area contributed by atoms with Gasteiger partial charge in [0.1, 0.15) is 11.5 Å². The first-order valence-electron chi connectivity index (χ1n) is 9.89. The van der Waals surface area contributed by atoms with Crippen molar-refractivity contribution in [3.05, 3.63) is 58.6 Å². The van der Waals surface area contributed by atoms with E-state index in [1.807, 2.05) is 31.2 Å². The third-order valence-corrected chi connectivity index (χ3v) is 5.17. The molecular formula is C23H26ClNO5. The van der Waals surface area contributed by atoms with Gasteiger partial charge in [-0.25, -0.2) is 4.79 Å². The predicted octanol–water partition coefficient (Wildman–Crippen LogP) is 4.16. The summed E-state index contributed by atoms with van der Waals surface area (Å²) in [6.45, 7) is 3.60. The number of hydrogen-bond acceptors (Lipinski definition) is 5. The number of esters is 1. The fourth-order valence-electron chi connectivity index (χ4n) is 3.05. The minimum absolute atomic E-state index is 0.198. The van der Waals surface area contributed by atoms with Crippen LogP contribution in [-0.4, -0.2) is 42.6 Å². The van der Waals surface area contributed by atoms with Crippen molar-refractivity contribution >= 4 is 23.5 Å². The Balaban J connectivity index is 1.53. The number of aryl methyl sites for hydroxylation is 1. The number of methoxy groups -OCH3 is 1. The maximum atomic E-state index is 12.7. The van der Waals surface area contributed by atoms with Gasteiger partial charge in [0.15, 0.2) is 12.7 Å². The summed E-state index contributed by atoms with van der Waals surface area (Å²) in [7, 11) is 1.61. The molecule has 7 heteroatoms. The van der Waals surface area contributed by atoms with Gasteiger partial charge < -0.3 is 19.1 Å². The molecule has 3 rings (SSSR count). The molecule has 160 valence electrons. The molecule has 1 atom stereocenters. The molecule has 6 nitrogen and oxygen atoms in total. The van der Waals surface area contributed by atoms with E-state index in [2.05, 4.69) is 0 Å². The van der Waals surface area contributed by atoms with Crippen LogP contribution in [0.25, 0.3) is 0 Å². The van der Waals surface area contributed by atoms with Crippen LogP contribution >= 0.6 is 11.6 Å². The van der Waals surface area contributed by atoms with E-state index in [1.54, 1.807) is 37.1 Å². The van der Waals surface area contributed by atoms with Gasteiger partial charge in [0.2, 0.25) is 0 Å². The molecule has 0 bridgehead atoms. The first-order chi connectivity index (χ1) is 14.4. The lowest BCUT2D eigenvalue weighted by Crippen LogP contribution is -2.37. The summed E-state index contributed by atoms with van der Waals surface area (Å²) in [6.07, 6.45) is 1.09. The molecule has 1 unspecified atom stereocenters. The normalized spacial score (nSPS) is 14.0. The van der Waals surface area contributed by atoms with Crippen molar-refractivity contribution in [3.63, 3.8) is 0 Å². The molecule has 1 aliphatic carbocycles. The highest BCUT2D eigenvalue weighted by molar-refractivity contribution is 6.30. The summed E-state index contributed by atoms with van der Waals surface area (Å²) in [4.78, 5) is 26.8. The molecule has 0 heterocycles. The van der Waals surface area contributed by atoms with Crippen LogP contribution in [0.1, 0.15) is 30.9 Å². The monoisotopic (exact) mass is 431 g/mol. The summed E-state index contributed by atoms with van der Waals surface area (Å²) in [5, 5.41) is 0.595. The van der Waals surface area contributed by atoms with Gasteiger partial charge in [-0.15, -0.1) is 0 Å². The first-order valence-corrected chi connectivity index (χ1v) is 10.3. The van der Waals surface area contributed by atoms with Crippen molar-refractivity contribution in [3.8, 4) is 11.5 Å². The predicted molar refractivity (Wildman–Crippen MR) is 114 cm³/mol. The molecule has 1 amide bonds. The van der Waals surface area contributed by atoms with Gasteiger partial charge in [-0.2, -0.15) is 0 Å². The molecule has 1 fully saturated rings. The second-order valence-corrected chi connectivity index (χ2v) is 7.81. The molecule has 0 aliphatic heterocycles. The van der Waals surface area contributed by atoms with Crippen molar-refractivity contribution in [1.29, 1.82) is 0 Å². The molecule has 0 aromatic heterocycles. The van der Waals surface area contributed by atoms with E-state index in [0.717, 1.165) is 29.7 Å². The molecule has 2 aromatic carbocycles. The highest BCUT2D eigenvalue weighted by Gasteiger charge is 2.33. The number of ether oxygens (including phenoxy) is 3. The number of benzene rings is 2. The average molecular weight is 432 g/mol. The summed E-state index contributed by atoms with van der Waals surface area (Å²) in [5.41, 5.74) is 1.81. The van der Waals surface area contributed by atoms with Crippen LogP contribution in [0.3, 0.4) is 0 Å². The molecule has 1 saturated carbocycles. The van der Waals surface area contributed by atoms with Gasteiger partial charge in [-0.1, -0.05) is 23.7 Å². The number of halogens is 1. The fraction of sp³-hybridized carbons (Fsp3) is 0.391. The van der Waals surface area contributed by atoms with Crippen LogP contribution in [0.15, 0.2) is 42.5 Å². The van der Waals surface area contributed by atoms with E-state index < -0.39 is 12.1 Å². The number of nitrogens with zero attached hydrogens (tertiary/aromatic N) is 1. The van der Waals surface area contributed by atoms with E-state index >= 15 is 0 Å². The molecule has 1 aliphatic rings. The average Bonchev–Trinajstić information content (AvgIpc) is 3.57. The van der Waals surface area contributed by atoms with Gasteiger partial charge >= 0.3 is 5.97 Å². The summed E-state index contributed by atoms with van der Waals surface area (Å²) in [6, 6.07) is 12.9. The van der Waals surface area contributed by atoms with Crippen LogP contribution < -0.4 is 9.47 Å². The molecule has 0 spiro atoms. The Kier molecular flexibility index (Phi) is 7.21. The minimum atomic E-state index is -0.839. The molecule has 0 N–H and O–H groups in total. The lowest BCUT2D eigenvalue weighted by Gasteiger charge is -2.23. The first kappa shape index (κ1) is 22.0. The lowest BCUT2D eigenvalue weighted by atomic mass is 10.2. The van der Waals surface area contributed by atoms with Gasteiger partial charge in [0.05, 0.1) is 7.11 Å². The second-order valence-electron chi connectivity index (χ2n) is 7.38. The molecular weight excluding hydrogens is 406 g/mol.